The van der Waals surface area contributed by atoms with Gasteiger partial charge in [0, 0.05) is 88.9 Å². The maximum Gasteiger partial charge on any atom is 0.322 e. The third-order valence-corrected chi connectivity index (χ3v) is 15.3. The molecule has 5 unspecified atom stereocenters. The van der Waals surface area contributed by atoms with Crippen LogP contribution in [0.4, 0.5) is 5.69 Å². The lowest BCUT2D eigenvalue weighted by Crippen LogP contribution is -2.80. The number of methoxy groups -OCH3 is 2. The number of para-hydroxylation sites is 1. The number of hydrogen-bond donors (Lipinski definition) is 4. The Morgan fingerprint density at radius 1 is 1.07 bits per heavy atom. The molecule has 2 saturated heterocycles. The fraction of sp³-hybridized carbons (Fsp3) is 0.581. The summed E-state index contributed by atoms with van der Waals surface area (Å²) in [6.07, 6.45) is 5.30. The van der Waals surface area contributed by atoms with Crippen LogP contribution in [0.5, 0.6) is 5.75 Å². The molecule has 1 aromatic heterocycles. The number of nitrogens with zero attached hydrogens (tertiary/aromatic N) is 6. The Kier molecular flexibility index (Phi) is 8.72. The molecular formula is C43H53N7O7. The predicted octanol–water partition coefficient (Wildman–Crippen LogP) is 4.08. The van der Waals surface area contributed by atoms with Gasteiger partial charge in [0.2, 0.25) is 0 Å². The first kappa shape index (κ1) is 38.1. The van der Waals surface area contributed by atoms with E-state index in [0.717, 1.165) is 27.7 Å². The molecule has 4 N–H and O–H groups in total. The number of hydrogen-bond acceptors (Lipinski definition) is 10. The summed E-state index contributed by atoms with van der Waals surface area (Å²) in [5.74, 6) is -1.28. The van der Waals surface area contributed by atoms with Crippen molar-refractivity contribution in [1.29, 1.82) is 0 Å². The number of likely N-dealkylation sites (N-methyl/N-ethyl adjacent to an activating group) is 1. The lowest BCUT2D eigenvalue weighted by Gasteiger charge is -2.63. The molecule has 302 valence electrons. The summed E-state index contributed by atoms with van der Waals surface area (Å²) < 4.78 is 12.2. The van der Waals surface area contributed by atoms with E-state index in [1.54, 1.807) is 14.2 Å². The van der Waals surface area contributed by atoms with E-state index in [4.69, 9.17) is 9.47 Å². The number of amides is 1. The third-order valence-electron chi connectivity index (χ3n) is 15.3. The van der Waals surface area contributed by atoms with Gasteiger partial charge in [0.15, 0.2) is 5.60 Å². The summed E-state index contributed by atoms with van der Waals surface area (Å²) >= 11 is 0. The second-order valence-electron chi connectivity index (χ2n) is 17.6. The average molecular weight is 780 g/mol. The highest BCUT2D eigenvalue weighted by molar-refractivity contribution is 5.95. The Labute approximate surface area is 332 Å². The molecule has 1 spiro atoms. The van der Waals surface area contributed by atoms with Gasteiger partial charge in [-0.05, 0) is 84.9 Å². The van der Waals surface area contributed by atoms with Gasteiger partial charge in [-0.1, -0.05) is 44.2 Å². The number of esters is 1. The van der Waals surface area contributed by atoms with Gasteiger partial charge in [-0.15, -0.1) is 0 Å². The molecule has 5 aliphatic heterocycles. The minimum Gasteiger partial charge on any atom is -0.496 e. The molecule has 10 atom stereocenters. The summed E-state index contributed by atoms with van der Waals surface area (Å²) in [5, 5.41) is 41.7. The van der Waals surface area contributed by atoms with Crippen LogP contribution in [0.1, 0.15) is 68.3 Å². The van der Waals surface area contributed by atoms with Crippen LogP contribution < -0.4 is 9.64 Å². The molecule has 1 aliphatic carbocycles. The number of aliphatic hydroxyl groups excluding tert-OH is 1. The number of carbonyl (C=O) groups excluding carboxylic acids is 2. The molecule has 1 amide bonds. The van der Waals surface area contributed by atoms with Gasteiger partial charge >= 0.3 is 5.97 Å². The normalized spacial score (nSPS) is 37.8. The van der Waals surface area contributed by atoms with Crippen LogP contribution in [0.15, 0.2) is 53.7 Å². The van der Waals surface area contributed by atoms with E-state index >= 15 is 4.79 Å². The van der Waals surface area contributed by atoms with Crippen LogP contribution in [-0.4, -0.2) is 125 Å². The van der Waals surface area contributed by atoms with Crippen LogP contribution in [-0.2, 0) is 31.6 Å². The highest BCUT2D eigenvalue weighted by atomic mass is 16.5. The van der Waals surface area contributed by atoms with E-state index in [2.05, 4.69) is 36.9 Å². The van der Waals surface area contributed by atoms with Crippen LogP contribution >= 0.6 is 0 Å². The molecule has 2 aromatic carbocycles. The van der Waals surface area contributed by atoms with Crippen molar-refractivity contribution in [2.75, 3.05) is 58.9 Å². The van der Waals surface area contributed by atoms with E-state index in [1.165, 1.54) is 7.11 Å². The zero-order valence-electron chi connectivity index (χ0n) is 33.4. The Hall–Kier alpha value is -4.43. The third kappa shape index (κ3) is 4.79. The van der Waals surface area contributed by atoms with Crippen molar-refractivity contribution in [2.45, 2.75) is 92.6 Å². The smallest absolute Gasteiger partial charge is 0.322 e. The number of ether oxygens (including phenoxy) is 2. The van der Waals surface area contributed by atoms with Gasteiger partial charge < -0.3 is 34.7 Å². The molecule has 6 aliphatic rings. The van der Waals surface area contributed by atoms with E-state index < -0.39 is 51.5 Å². The number of azide groups is 1. The summed E-state index contributed by atoms with van der Waals surface area (Å²) in [4.78, 5) is 42.4. The van der Waals surface area contributed by atoms with Crippen LogP contribution in [0.25, 0.3) is 21.3 Å². The quantitative estimate of drug-likeness (QED) is 0.0934. The molecule has 57 heavy (non-hydrogen) atoms. The van der Waals surface area contributed by atoms with Crippen LogP contribution in [0.3, 0.4) is 0 Å². The van der Waals surface area contributed by atoms with Crippen molar-refractivity contribution in [2.24, 2.45) is 16.4 Å². The lowest BCUT2D eigenvalue weighted by atomic mass is 9.47. The minimum atomic E-state index is -2.49. The molecule has 14 nitrogen and oxygen atoms in total. The molecule has 2 bridgehead atoms. The maximum atomic E-state index is 15.2. The fourth-order valence-corrected chi connectivity index (χ4v) is 13.1. The van der Waals surface area contributed by atoms with Gasteiger partial charge in [-0.2, -0.15) is 0 Å². The number of carbonyl (C=O) groups is 2. The minimum absolute atomic E-state index is 0.110. The highest BCUT2D eigenvalue weighted by Gasteiger charge is 2.78. The predicted molar refractivity (Wildman–Crippen MR) is 213 cm³/mol. The number of anilines is 1. The Bertz CT molecular complexity index is 2250. The van der Waals surface area contributed by atoms with Crippen LogP contribution in [0.2, 0.25) is 0 Å². The Morgan fingerprint density at radius 2 is 1.86 bits per heavy atom. The molecule has 3 aromatic rings. The average Bonchev–Trinajstić information content (AvgIpc) is 3.88. The van der Waals surface area contributed by atoms with Crippen molar-refractivity contribution in [3.8, 4) is 5.75 Å². The van der Waals surface area contributed by atoms with Crippen molar-refractivity contribution < 1.29 is 34.4 Å². The Morgan fingerprint density at radius 3 is 2.58 bits per heavy atom. The number of H-pyrrole nitrogens is 1. The SMILES string of the molecule is CC[C@]1(O)CC2CN(CCc3c([nH]c4ccccc34)[C@@](C(=O)OC)(c3cc4c(cc3OC)N(C)C3C(O)(C(=O)N=[N+]=[N-])[C@H](O)[C@]5(CC)C=CCN6CCC43[C@@H]65)C2)C1. The number of aromatic nitrogens is 1. The first-order chi connectivity index (χ1) is 27.3. The molecule has 14 heteroatoms. The number of fused-ring (bicyclic) bond motifs is 6. The maximum absolute atomic E-state index is 15.2. The number of benzene rings is 2. The van der Waals surface area contributed by atoms with Crippen molar-refractivity contribution in [3.63, 3.8) is 0 Å². The second-order valence-corrected chi connectivity index (χ2v) is 17.6. The van der Waals surface area contributed by atoms with E-state index in [-0.39, 0.29) is 12.0 Å². The van der Waals surface area contributed by atoms with Gasteiger partial charge in [0.25, 0.3) is 5.91 Å². The largest absolute Gasteiger partial charge is 0.496 e. The molecule has 9 rings (SSSR count). The van der Waals surface area contributed by atoms with Gasteiger partial charge in [0.05, 0.1) is 25.9 Å². The fourth-order valence-electron chi connectivity index (χ4n) is 13.1. The molecule has 6 heterocycles. The summed E-state index contributed by atoms with van der Waals surface area (Å²) in [5.41, 5.74) is 7.34. The molecule has 3 fully saturated rings. The lowest BCUT2D eigenvalue weighted by molar-refractivity contribution is -0.201. The Balaban J connectivity index is 1.37. The zero-order chi connectivity index (χ0) is 40.3. The van der Waals surface area contributed by atoms with E-state index in [1.807, 2.05) is 55.2 Å². The summed E-state index contributed by atoms with van der Waals surface area (Å²) in [7, 11) is 4.79. The number of aliphatic hydroxyl groups is 3. The first-order valence-electron chi connectivity index (χ1n) is 20.3. The number of aromatic amines is 1. The van der Waals surface area contributed by atoms with Gasteiger partial charge in [-0.3, -0.25) is 19.4 Å². The number of piperidine rings is 1. The zero-order valence-corrected chi connectivity index (χ0v) is 33.4. The van der Waals surface area contributed by atoms with Crippen molar-refractivity contribution >= 4 is 28.5 Å². The highest BCUT2D eigenvalue weighted by Crippen LogP contribution is 2.67. The standard InChI is InChI=1S/C43H53N7O7/c1-6-39(54)21-25-22-42(38(53)57-5,33-27(13-17-49(23-25)24-39)26-11-8-9-12-30(26)45-33)29-19-28-31(20-32(29)56-4)48(3)35-41(28)15-18-50-16-10-14-40(7-2,34(41)50)36(51)43(35,55)37(52)46-47-44/h8-12,14,19-20,25,34-36,45,51,54-55H,6-7,13,15-18,21-24H2,1-5H3/t25?,34-,35?,36+,39-,40+,41?,42-,43?/m0/s1. The number of rotatable bonds is 6. The summed E-state index contributed by atoms with van der Waals surface area (Å²) in [6.45, 7) is 7.16. The first-order valence-corrected chi connectivity index (χ1v) is 20.3. The molecule has 0 radical (unpaired) electrons. The number of nitrogens with one attached hydrogen (secondary N) is 1. The monoisotopic (exact) mass is 779 g/mol. The second kappa shape index (κ2) is 13.0. The van der Waals surface area contributed by atoms with E-state index in [0.29, 0.717) is 88.2 Å². The summed E-state index contributed by atoms with van der Waals surface area (Å²) in [6, 6.07) is 10.6. The molecule has 1 saturated carbocycles. The van der Waals surface area contributed by atoms with Crippen LogP contribution in [0, 0.1) is 11.3 Å². The van der Waals surface area contributed by atoms with Gasteiger partial charge in [0.1, 0.15) is 17.3 Å². The topological polar surface area (TPSA) is 188 Å². The van der Waals surface area contributed by atoms with Crippen molar-refractivity contribution in [3.05, 3.63) is 81.4 Å². The molecular weight excluding hydrogens is 727 g/mol. The van der Waals surface area contributed by atoms with Gasteiger partial charge in [-0.25, -0.2) is 0 Å². The van der Waals surface area contributed by atoms with E-state index in [9.17, 15) is 25.6 Å². The van der Waals surface area contributed by atoms with Crippen molar-refractivity contribution in [1.82, 2.24) is 14.8 Å².